The van der Waals surface area contributed by atoms with E-state index in [1.807, 2.05) is 0 Å². The van der Waals surface area contributed by atoms with Crippen molar-refractivity contribution in [1.29, 1.82) is 0 Å². The molecule has 0 amide bonds. The standard InChI is InChI=1S/C12H20N4/c1-8-14-15-12(6-10-4-11(13)5-10)16(8)7-9-2-3-9/h9-11H,2-7,13H2,1H3. The van der Waals surface area contributed by atoms with Gasteiger partial charge in [-0.25, -0.2) is 0 Å². The van der Waals surface area contributed by atoms with E-state index in [-0.39, 0.29) is 0 Å². The minimum absolute atomic E-state index is 0.436. The van der Waals surface area contributed by atoms with Crippen LogP contribution in [0.2, 0.25) is 0 Å². The average Bonchev–Trinajstić information content (AvgIpc) is 2.95. The number of hydrogen-bond acceptors (Lipinski definition) is 3. The van der Waals surface area contributed by atoms with E-state index in [0.717, 1.165) is 43.5 Å². The van der Waals surface area contributed by atoms with Gasteiger partial charge in [-0.05, 0) is 44.4 Å². The third-order valence-corrected chi connectivity index (χ3v) is 3.89. The van der Waals surface area contributed by atoms with E-state index in [1.165, 1.54) is 18.7 Å². The lowest BCUT2D eigenvalue weighted by Gasteiger charge is -2.32. The van der Waals surface area contributed by atoms with Gasteiger partial charge in [-0.3, -0.25) is 0 Å². The molecular weight excluding hydrogens is 200 g/mol. The van der Waals surface area contributed by atoms with Crippen LogP contribution < -0.4 is 5.73 Å². The van der Waals surface area contributed by atoms with Gasteiger partial charge in [-0.15, -0.1) is 10.2 Å². The molecule has 2 fully saturated rings. The zero-order chi connectivity index (χ0) is 11.1. The van der Waals surface area contributed by atoms with Gasteiger partial charge in [-0.2, -0.15) is 0 Å². The molecule has 2 N–H and O–H groups in total. The van der Waals surface area contributed by atoms with Crippen molar-refractivity contribution in [1.82, 2.24) is 14.8 Å². The van der Waals surface area contributed by atoms with E-state index in [4.69, 9.17) is 5.73 Å². The summed E-state index contributed by atoms with van der Waals surface area (Å²) in [5.41, 5.74) is 5.81. The first-order valence-electron chi connectivity index (χ1n) is 6.36. The molecule has 2 aliphatic carbocycles. The molecule has 4 nitrogen and oxygen atoms in total. The van der Waals surface area contributed by atoms with Crippen molar-refractivity contribution in [2.45, 2.75) is 51.6 Å². The molecule has 1 aromatic heterocycles. The highest BCUT2D eigenvalue weighted by Crippen LogP contribution is 2.33. The maximum absolute atomic E-state index is 5.81. The fourth-order valence-electron chi connectivity index (χ4n) is 2.58. The molecule has 4 heteroatoms. The third kappa shape index (κ3) is 1.98. The van der Waals surface area contributed by atoms with Crippen molar-refractivity contribution < 1.29 is 0 Å². The van der Waals surface area contributed by atoms with Crippen LogP contribution in [0, 0.1) is 18.8 Å². The van der Waals surface area contributed by atoms with Gasteiger partial charge < -0.3 is 10.3 Å². The second-order valence-electron chi connectivity index (χ2n) is 5.52. The molecule has 0 unspecified atom stereocenters. The van der Waals surface area contributed by atoms with Gasteiger partial charge in [0.05, 0.1) is 0 Å². The lowest BCUT2D eigenvalue weighted by molar-refractivity contribution is 0.257. The summed E-state index contributed by atoms with van der Waals surface area (Å²) in [5.74, 6) is 3.89. The predicted molar refractivity (Wildman–Crippen MR) is 61.9 cm³/mol. The number of nitrogens with zero attached hydrogens (tertiary/aromatic N) is 3. The number of nitrogens with two attached hydrogens (primary N) is 1. The van der Waals surface area contributed by atoms with E-state index in [9.17, 15) is 0 Å². The summed E-state index contributed by atoms with van der Waals surface area (Å²) in [7, 11) is 0. The molecule has 2 aliphatic rings. The van der Waals surface area contributed by atoms with Crippen LogP contribution in [-0.4, -0.2) is 20.8 Å². The lowest BCUT2D eigenvalue weighted by atomic mass is 9.78. The molecule has 0 radical (unpaired) electrons. The number of aryl methyl sites for hydroxylation is 1. The van der Waals surface area contributed by atoms with E-state index in [1.54, 1.807) is 0 Å². The number of aromatic nitrogens is 3. The summed E-state index contributed by atoms with van der Waals surface area (Å²) in [6.07, 6.45) is 6.16. The molecule has 1 aromatic rings. The van der Waals surface area contributed by atoms with Gasteiger partial charge in [0.15, 0.2) is 0 Å². The van der Waals surface area contributed by atoms with Crippen LogP contribution in [0.15, 0.2) is 0 Å². The Hall–Kier alpha value is -0.900. The Labute approximate surface area is 96.2 Å². The van der Waals surface area contributed by atoms with Gasteiger partial charge >= 0.3 is 0 Å². The van der Waals surface area contributed by atoms with Crippen LogP contribution in [-0.2, 0) is 13.0 Å². The van der Waals surface area contributed by atoms with Crippen molar-refractivity contribution in [3.8, 4) is 0 Å². The highest BCUT2D eigenvalue weighted by atomic mass is 15.3. The monoisotopic (exact) mass is 220 g/mol. The molecule has 0 aromatic carbocycles. The van der Waals surface area contributed by atoms with Gasteiger partial charge in [0.25, 0.3) is 0 Å². The van der Waals surface area contributed by atoms with E-state index in [0.29, 0.717) is 6.04 Å². The van der Waals surface area contributed by atoms with Crippen molar-refractivity contribution >= 4 is 0 Å². The fourth-order valence-corrected chi connectivity index (χ4v) is 2.58. The first-order valence-corrected chi connectivity index (χ1v) is 6.36. The number of hydrogen-bond donors (Lipinski definition) is 1. The molecule has 0 saturated heterocycles. The highest BCUT2D eigenvalue weighted by Gasteiger charge is 2.29. The molecule has 88 valence electrons. The normalized spacial score (nSPS) is 29.1. The van der Waals surface area contributed by atoms with Crippen molar-refractivity contribution in [2.75, 3.05) is 0 Å². The zero-order valence-electron chi connectivity index (χ0n) is 9.89. The van der Waals surface area contributed by atoms with E-state index in [2.05, 4.69) is 21.7 Å². The molecule has 2 saturated carbocycles. The summed E-state index contributed by atoms with van der Waals surface area (Å²) in [6, 6.07) is 0.436. The van der Waals surface area contributed by atoms with Crippen LogP contribution in [0.5, 0.6) is 0 Å². The molecule has 0 spiro atoms. The summed E-state index contributed by atoms with van der Waals surface area (Å²) >= 11 is 0. The smallest absolute Gasteiger partial charge is 0.133 e. The van der Waals surface area contributed by atoms with Crippen LogP contribution >= 0.6 is 0 Å². The molecule has 1 heterocycles. The van der Waals surface area contributed by atoms with Crippen molar-refractivity contribution in [3.63, 3.8) is 0 Å². The number of rotatable bonds is 4. The Balaban J connectivity index is 1.67. The molecule has 0 bridgehead atoms. The minimum atomic E-state index is 0.436. The Bertz CT molecular complexity index is 374. The Morgan fingerprint density at radius 2 is 2.00 bits per heavy atom. The van der Waals surface area contributed by atoms with Crippen LogP contribution in [0.4, 0.5) is 0 Å². The molecular formula is C12H20N4. The largest absolute Gasteiger partial charge is 0.328 e. The molecule has 0 atom stereocenters. The van der Waals surface area contributed by atoms with Gasteiger partial charge in [0.1, 0.15) is 11.6 Å². The Morgan fingerprint density at radius 1 is 1.25 bits per heavy atom. The highest BCUT2D eigenvalue weighted by molar-refractivity contribution is 4.99. The zero-order valence-corrected chi connectivity index (χ0v) is 9.89. The Morgan fingerprint density at radius 3 is 2.62 bits per heavy atom. The average molecular weight is 220 g/mol. The molecule has 3 rings (SSSR count). The summed E-state index contributed by atoms with van der Waals surface area (Å²) in [6.45, 7) is 3.19. The first-order chi connectivity index (χ1) is 7.72. The molecule has 16 heavy (non-hydrogen) atoms. The summed E-state index contributed by atoms with van der Waals surface area (Å²) in [5, 5.41) is 8.53. The minimum Gasteiger partial charge on any atom is -0.328 e. The van der Waals surface area contributed by atoms with Crippen LogP contribution in [0.25, 0.3) is 0 Å². The van der Waals surface area contributed by atoms with Crippen LogP contribution in [0.1, 0.15) is 37.3 Å². The second kappa shape index (κ2) is 3.84. The SMILES string of the molecule is Cc1nnc(CC2CC(N)C2)n1CC1CC1. The first kappa shape index (κ1) is 10.3. The maximum atomic E-state index is 5.81. The fraction of sp³-hybridized carbons (Fsp3) is 0.833. The topological polar surface area (TPSA) is 56.7 Å². The van der Waals surface area contributed by atoms with Gasteiger partial charge in [0, 0.05) is 19.0 Å². The molecule has 0 aliphatic heterocycles. The maximum Gasteiger partial charge on any atom is 0.133 e. The van der Waals surface area contributed by atoms with Crippen molar-refractivity contribution in [2.24, 2.45) is 17.6 Å². The predicted octanol–water partition coefficient (Wildman–Crippen LogP) is 1.28. The van der Waals surface area contributed by atoms with Gasteiger partial charge in [-0.1, -0.05) is 0 Å². The van der Waals surface area contributed by atoms with Crippen molar-refractivity contribution in [3.05, 3.63) is 11.6 Å². The van der Waals surface area contributed by atoms with E-state index < -0.39 is 0 Å². The second-order valence-corrected chi connectivity index (χ2v) is 5.52. The van der Waals surface area contributed by atoms with Crippen LogP contribution in [0.3, 0.4) is 0 Å². The third-order valence-electron chi connectivity index (χ3n) is 3.89. The lowest BCUT2D eigenvalue weighted by Crippen LogP contribution is -2.37. The van der Waals surface area contributed by atoms with Gasteiger partial charge in [0.2, 0.25) is 0 Å². The Kier molecular flexibility index (Phi) is 2.46. The summed E-state index contributed by atoms with van der Waals surface area (Å²) < 4.78 is 2.32. The van der Waals surface area contributed by atoms with E-state index >= 15 is 0 Å². The summed E-state index contributed by atoms with van der Waals surface area (Å²) in [4.78, 5) is 0. The quantitative estimate of drug-likeness (QED) is 0.831.